The van der Waals surface area contributed by atoms with Crippen LogP contribution in [-0.2, 0) is 11.0 Å². The number of hydrogen-bond acceptors (Lipinski definition) is 3. The monoisotopic (exact) mass is 418 g/mol. The van der Waals surface area contributed by atoms with Crippen LogP contribution >= 0.6 is 23.4 Å². The lowest BCUT2D eigenvalue weighted by atomic mass is 9.53. The molecule has 1 atom stereocenters. The first-order chi connectivity index (χ1) is 12.6. The number of halogens is 4. The molecule has 0 spiro atoms. The van der Waals surface area contributed by atoms with Crippen molar-refractivity contribution < 1.29 is 18.0 Å². The number of alkyl halides is 3. The first-order valence-corrected chi connectivity index (χ1v) is 10.6. The van der Waals surface area contributed by atoms with Crippen molar-refractivity contribution in [2.75, 3.05) is 0 Å². The molecule has 3 nitrogen and oxygen atoms in total. The first kappa shape index (κ1) is 19.4. The molecule has 27 heavy (non-hydrogen) atoms. The van der Waals surface area contributed by atoms with E-state index in [0.29, 0.717) is 0 Å². The lowest BCUT2D eigenvalue weighted by Gasteiger charge is -2.57. The van der Waals surface area contributed by atoms with Gasteiger partial charge in [-0.2, -0.15) is 13.2 Å². The van der Waals surface area contributed by atoms with Gasteiger partial charge in [0.2, 0.25) is 5.91 Å². The van der Waals surface area contributed by atoms with Crippen molar-refractivity contribution in [1.29, 1.82) is 0 Å². The Kier molecular flexibility index (Phi) is 4.90. The van der Waals surface area contributed by atoms with Crippen molar-refractivity contribution in [1.82, 2.24) is 10.3 Å². The summed E-state index contributed by atoms with van der Waals surface area (Å²) in [6.07, 6.45) is 3.34. The number of nitrogens with one attached hydrogen (secondary N) is 1. The Morgan fingerprint density at radius 1 is 1.26 bits per heavy atom. The number of nitrogens with zero attached hydrogens (tertiary/aromatic N) is 1. The molecular weight excluding hydrogens is 397 g/mol. The van der Waals surface area contributed by atoms with Gasteiger partial charge in [-0.3, -0.25) is 4.79 Å². The van der Waals surface area contributed by atoms with E-state index in [-0.39, 0.29) is 21.5 Å². The summed E-state index contributed by atoms with van der Waals surface area (Å²) in [6, 6.07) is 0.862. The van der Waals surface area contributed by atoms with Gasteiger partial charge < -0.3 is 5.32 Å². The van der Waals surface area contributed by atoms with Gasteiger partial charge in [0.15, 0.2) is 0 Å². The fraction of sp³-hybridized carbons (Fsp3) is 0.684. The Morgan fingerprint density at radius 3 is 2.30 bits per heavy atom. The van der Waals surface area contributed by atoms with E-state index in [1.807, 2.05) is 0 Å². The van der Waals surface area contributed by atoms with Gasteiger partial charge in [-0.25, -0.2) is 4.98 Å². The molecule has 4 bridgehead atoms. The predicted molar refractivity (Wildman–Crippen MR) is 98.6 cm³/mol. The van der Waals surface area contributed by atoms with E-state index in [9.17, 15) is 18.0 Å². The van der Waals surface area contributed by atoms with Gasteiger partial charge in [0.1, 0.15) is 5.03 Å². The van der Waals surface area contributed by atoms with Crippen molar-refractivity contribution in [2.24, 2.45) is 17.8 Å². The molecule has 0 aromatic carbocycles. The highest BCUT2D eigenvalue weighted by Crippen LogP contribution is 2.55. The smallest absolute Gasteiger partial charge is 0.350 e. The summed E-state index contributed by atoms with van der Waals surface area (Å²) in [6.45, 7) is 1.75. The topological polar surface area (TPSA) is 42.0 Å². The average Bonchev–Trinajstić information content (AvgIpc) is 2.53. The highest BCUT2D eigenvalue weighted by atomic mass is 35.5. The molecule has 1 heterocycles. The number of pyridine rings is 1. The SMILES string of the molecule is C[C@H](Sc1ncc(C(F)(F)F)cc1Cl)C(=O)NC12CC3CC(CC(C3)C1)C2. The van der Waals surface area contributed by atoms with E-state index in [4.69, 9.17) is 11.6 Å². The Balaban J connectivity index is 1.41. The molecule has 8 heteroatoms. The van der Waals surface area contributed by atoms with E-state index in [1.165, 1.54) is 19.3 Å². The number of carbonyl (C=O) groups excluding carboxylic acids is 1. The molecular formula is C19H22ClF3N2OS. The van der Waals surface area contributed by atoms with Crippen molar-refractivity contribution in [3.63, 3.8) is 0 Å². The third-order valence-corrected chi connectivity index (χ3v) is 7.74. The van der Waals surface area contributed by atoms with Crippen molar-refractivity contribution >= 4 is 29.3 Å². The lowest BCUT2D eigenvalue weighted by molar-refractivity contribution is -0.138. The number of rotatable bonds is 4. The summed E-state index contributed by atoms with van der Waals surface area (Å²) < 4.78 is 38.2. The van der Waals surface area contributed by atoms with Crippen LogP contribution in [0.25, 0.3) is 0 Å². The van der Waals surface area contributed by atoms with Crippen molar-refractivity contribution in [3.05, 3.63) is 22.8 Å². The van der Waals surface area contributed by atoms with Crippen LogP contribution in [0.1, 0.15) is 51.0 Å². The maximum absolute atomic E-state index is 12.8. The summed E-state index contributed by atoms with van der Waals surface area (Å²) in [4.78, 5) is 16.6. The molecule has 0 aliphatic heterocycles. The number of aromatic nitrogens is 1. The maximum atomic E-state index is 12.8. The molecule has 5 rings (SSSR count). The molecule has 1 N–H and O–H groups in total. The molecule has 0 saturated heterocycles. The van der Waals surface area contributed by atoms with Crippen LogP contribution in [0, 0.1) is 17.8 Å². The molecule has 4 saturated carbocycles. The van der Waals surface area contributed by atoms with Gasteiger partial charge in [0.05, 0.1) is 15.8 Å². The van der Waals surface area contributed by atoms with Gasteiger partial charge in [0, 0.05) is 11.7 Å². The molecule has 1 aromatic heterocycles. The fourth-order valence-electron chi connectivity index (χ4n) is 5.51. The van der Waals surface area contributed by atoms with Gasteiger partial charge in [-0.15, -0.1) is 0 Å². The Labute approximate surface area is 165 Å². The van der Waals surface area contributed by atoms with Gasteiger partial charge >= 0.3 is 6.18 Å². The minimum atomic E-state index is -4.48. The van der Waals surface area contributed by atoms with Crippen LogP contribution in [0.4, 0.5) is 13.2 Å². The number of thioether (sulfide) groups is 1. The van der Waals surface area contributed by atoms with Gasteiger partial charge in [-0.05, 0) is 69.3 Å². The summed E-state index contributed by atoms with van der Waals surface area (Å²) in [5.41, 5.74) is -0.972. The first-order valence-electron chi connectivity index (χ1n) is 9.35. The molecule has 4 fully saturated rings. The minimum absolute atomic E-state index is 0.0794. The zero-order valence-electron chi connectivity index (χ0n) is 15.0. The quantitative estimate of drug-likeness (QED) is 0.673. The van der Waals surface area contributed by atoms with E-state index < -0.39 is 17.0 Å². The lowest BCUT2D eigenvalue weighted by Crippen LogP contribution is -2.60. The zero-order valence-corrected chi connectivity index (χ0v) is 16.6. The Hall–Kier alpha value is -0.950. The molecule has 1 aromatic rings. The molecule has 4 aliphatic carbocycles. The highest BCUT2D eigenvalue weighted by molar-refractivity contribution is 8.00. The third-order valence-electron chi connectivity index (χ3n) is 6.22. The average molecular weight is 419 g/mol. The van der Waals surface area contributed by atoms with Gasteiger partial charge in [0.25, 0.3) is 0 Å². The van der Waals surface area contributed by atoms with Crippen LogP contribution < -0.4 is 5.32 Å². The van der Waals surface area contributed by atoms with Crippen LogP contribution in [0.15, 0.2) is 17.3 Å². The van der Waals surface area contributed by atoms with Crippen LogP contribution in [0.5, 0.6) is 0 Å². The van der Waals surface area contributed by atoms with E-state index in [2.05, 4.69) is 10.3 Å². The largest absolute Gasteiger partial charge is 0.417 e. The van der Waals surface area contributed by atoms with Crippen LogP contribution in [-0.4, -0.2) is 21.7 Å². The second kappa shape index (κ2) is 6.83. The summed E-state index contributed by atoms with van der Waals surface area (Å²) >= 11 is 7.07. The normalized spacial score (nSPS) is 33.1. The Morgan fingerprint density at radius 2 is 1.81 bits per heavy atom. The number of hydrogen-bond donors (Lipinski definition) is 1. The van der Waals surface area contributed by atoms with E-state index >= 15 is 0 Å². The second-order valence-corrected chi connectivity index (χ2v) is 10.2. The second-order valence-electron chi connectivity index (χ2n) is 8.46. The molecule has 0 radical (unpaired) electrons. The highest BCUT2D eigenvalue weighted by Gasteiger charge is 2.51. The van der Waals surface area contributed by atoms with Crippen LogP contribution in [0.2, 0.25) is 5.02 Å². The fourth-order valence-corrected chi connectivity index (χ4v) is 6.60. The third kappa shape index (κ3) is 3.95. The predicted octanol–water partition coefficient (Wildman–Crippen LogP) is 5.32. The standard InChI is InChI=1S/C19H22ClF3N2OS/c1-10(27-17-15(20)5-14(9-24-17)19(21,22)23)16(26)25-18-6-11-2-12(7-18)4-13(3-11)8-18/h5,9-13H,2-4,6-8H2,1H3,(H,25,26)/t10-,11?,12?,13?,18?/m0/s1. The van der Waals surface area contributed by atoms with Crippen LogP contribution in [0.3, 0.4) is 0 Å². The summed E-state index contributed by atoms with van der Waals surface area (Å²) in [7, 11) is 0. The Bertz CT molecular complexity index is 720. The summed E-state index contributed by atoms with van der Waals surface area (Å²) in [5, 5.41) is 2.99. The van der Waals surface area contributed by atoms with Crippen molar-refractivity contribution in [2.45, 2.75) is 67.4 Å². The molecule has 0 unspecified atom stereocenters. The van der Waals surface area contributed by atoms with Crippen molar-refractivity contribution in [3.8, 4) is 0 Å². The van der Waals surface area contributed by atoms with Gasteiger partial charge in [-0.1, -0.05) is 23.4 Å². The van der Waals surface area contributed by atoms with E-state index in [1.54, 1.807) is 6.92 Å². The number of amides is 1. The number of carbonyl (C=O) groups is 1. The zero-order chi connectivity index (χ0) is 19.4. The maximum Gasteiger partial charge on any atom is 0.417 e. The molecule has 148 valence electrons. The summed E-state index contributed by atoms with van der Waals surface area (Å²) in [5.74, 6) is 2.10. The molecule has 4 aliphatic rings. The van der Waals surface area contributed by atoms with E-state index in [0.717, 1.165) is 61.0 Å². The molecule has 1 amide bonds. The minimum Gasteiger partial charge on any atom is -0.350 e.